The van der Waals surface area contributed by atoms with Gasteiger partial charge >= 0.3 is 5.97 Å². The van der Waals surface area contributed by atoms with Gasteiger partial charge in [-0.25, -0.2) is 14.8 Å². The van der Waals surface area contributed by atoms with Crippen LogP contribution in [0.1, 0.15) is 78.7 Å². The minimum Gasteiger partial charge on any atom is -0.458 e. The van der Waals surface area contributed by atoms with E-state index in [1.807, 2.05) is 45.2 Å². The van der Waals surface area contributed by atoms with E-state index in [4.69, 9.17) is 19.2 Å². The van der Waals surface area contributed by atoms with Crippen LogP contribution in [0.25, 0.3) is 11.3 Å². The zero-order chi connectivity index (χ0) is 31.7. The van der Waals surface area contributed by atoms with Crippen molar-refractivity contribution in [1.82, 2.24) is 15.3 Å². The second kappa shape index (κ2) is 15.2. The molecule has 44 heavy (non-hydrogen) atoms. The van der Waals surface area contributed by atoms with Crippen molar-refractivity contribution in [1.29, 1.82) is 5.26 Å². The van der Waals surface area contributed by atoms with Gasteiger partial charge in [-0.3, -0.25) is 0 Å². The molecule has 0 amide bonds. The quantitative estimate of drug-likeness (QED) is 0.261. The third-order valence-electron chi connectivity index (χ3n) is 8.36. The van der Waals surface area contributed by atoms with E-state index in [0.717, 1.165) is 67.0 Å². The number of carbonyl (C=O) groups is 1. The van der Waals surface area contributed by atoms with E-state index in [0.29, 0.717) is 38.4 Å². The molecule has 3 N–H and O–H groups in total. The number of ether oxygens (including phenoxy) is 3. The molecule has 240 valence electrons. The van der Waals surface area contributed by atoms with E-state index in [1.165, 1.54) is 0 Å². The molecule has 0 spiro atoms. The Morgan fingerprint density at radius 1 is 1.14 bits per heavy atom. The van der Waals surface area contributed by atoms with Crippen LogP contribution in [0.5, 0.6) is 0 Å². The molecule has 0 bridgehead atoms. The Morgan fingerprint density at radius 3 is 2.52 bits per heavy atom. The molecule has 1 aliphatic heterocycles. The van der Waals surface area contributed by atoms with Crippen molar-refractivity contribution in [3.05, 3.63) is 36.0 Å². The van der Waals surface area contributed by atoms with Crippen LogP contribution in [-0.4, -0.2) is 72.1 Å². The van der Waals surface area contributed by atoms with E-state index < -0.39 is 17.1 Å². The summed E-state index contributed by atoms with van der Waals surface area (Å²) in [4.78, 5) is 21.7. The van der Waals surface area contributed by atoms with E-state index >= 15 is 0 Å². The fourth-order valence-corrected chi connectivity index (χ4v) is 5.72. The van der Waals surface area contributed by atoms with Crippen LogP contribution in [0.2, 0.25) is 0 Å². The number of hydrogen-bond acceptors (Lipinski definition) is 10. The van der Waals surface area contributed by atoms with Crippen molar-refractivity contribution in [3.8, 4) is 17.3 Å². The highest BCUT2D eigenvalue weighted by Gasteiger charge is 2.32. The third kappa shape index (κ3) is 9.88. The number of esters is 1. The molecule has 1 aliphatic carbocycles. The molecule has 2 fully saturated rings. The van der Waals surface area contributed by atoms with Crippen molar-refractivity contribution in [2.24, 2.45) is 5.41 Å². The van der Waals surface area contributed by atoms with Crippen molar-refractivity contribution >= 4 is 17.6 Å². The summed E-state index contributed by atoms with van der Waals surface area (Å²) in [5, 5.41) is 20.5. The smallest absolute Gasteiger partial charge is 0.335 e. The summed E-state index contributed by atoms with van der Waals surface area (Å²) in [5.41, 5.74) is 2.04. The number of aromatic nitrogens is 2. The van der Waals surface area contributed by atoms with Gasteiger partial charge in [-0.1, -0.05) is 6.07 Å². The summed E-state index contributed by atoms with van der Waals surface area (Å²) in [6.45, 7) is 13.7. The third-order valence-corrected chi connectivity index (χ3v) is 8.36. The number of nitrogens with zero attached hydrogens (tertiary/aromatic N) is 3. The monoisotopic (exact) mass is 606 g/mol. The van der Waals surface area contributed by atoms with Crippen molar-refractivity contribution in [2.45, 2.75) is 110 Å². The Kier molecular flexibility index (Phi) is 11.6. The molecule has 1 saturated carbocycles. The molecule has 0 unspecified atom stereocenters. The van der Waals surface area contributed by atoms with Crippen molar-refractivity contribution in [2.75, 3.05) is 37.0 Å². The molecule has 10 nitrogen and oxygen atoms in total. The number of carbonyl (C=O) groups excluding carboxylic acids is 1. The van der Waals surface area contributed by atoms with Gasteiger partial charge < -0.3 is 30.2 Å². The molecular weight excluding hydrogens is 556 g/mol. The highest BCUT2D eigenvalue weighted by Crippen LogP contribution is 2.31. The Bertz CT molecular complexity index is 1280. The Labute approximate surface area is 262 Å². The van der Waals surface area contributed by atoms with Gasteiger partial charge in [0.05, 0.1) is 23.8 Å². The van der Waals surface area contributed by atoms with Crippen LogP contribution in [0.3, 0.4) is 0 Å². The van der Waals surface area contributed by atoms with Crippen LogP contribution in [0.4, 0.5) is 11.6 Å². The zero-order valence-corrected chi connectivity index (χ0v) is 27.2. The number of anilines is 2. The highest BCUT2D eigenvalue weighted by molar-refractivity contribution is 5.74. The summed E-state index contributed by atoms with van der Waals surface area (Å²) < 4.78 is 16.7. The molecule has 2 aromatic rings. The van der Waals surface area contributed by atoms with Gasteiger partial charge in [0.1, 0.15) is 17.2 Å². The first-order valence-corrected chi connectivity index (χ1v) is 16.0. The maximum Gasteiger partial charge on any atom is 0.335 e. The van der Waals surface area contributed by atoms with E-state index in [9.17, 15) is 10.1 Å². The van der Waals surface area contributed by atoms with Gasteiger partial charge in [0.2, 0.25) is 0 Å². The number of nitrogens with one attached hydrogen (secondary N) is 3. The normalized spacial score (nSPS) is 21.5. The first-order valence-electron chi connectivity index (χ1n) is 16.0. The van der Waals surface area contributed by atoms with Gasteiger partial charge in [0.15, 0.2) is 6.10 Å². The maximum absolute atomic E-state index is 12.2. The van der Waals surface area contributed by atoms with Crippen LogP contribution in [-0.2, 0) is 19.0 Å². The average Bonchev–Trinajstić information content (AvgIpc) is 3.00. The average molecular weight is 607 g/mol. The predicted molar refractivity (Wildman–Crippen MR) is 172 cm³/mol. The molecule has 2 aromatic heterocycles. The van der Waals surface area contributed by atoms with Gasteiger partial charge in [0, 0.05) is 49.6 Å². The van der Waals surface area contributed by atoms with Gasteiger partial charge in [-0.15, -0.1) is 0 Å². The summed E-state index contributed by atoms with van der Waals surface area (Å²) in [7, 11) is 0. The first kappa shape index (κ1) is 33.6. The SMILES string of the molecule is Cc1cnc(N[C@H]2CC[C@H](N[C@H](C)CO[C@@H](C)C(=O)OC(C)(C)C)CC2)cc1-c1cccc(NCC2(C#N)CCOCC2)n1. The topological polar surface area (TPSA) is 130 Å². The van der Waals surface area contributed by atoms with Crippen LogP contribution < -0.4 is 16.0 Å². The summed E-state index contributed by atoms with van der Waals surface area (Å²) in [6.07, 6.45) is 6.94. The summed E-state index contributed by atoms with van der Waals surface area (Å²) in [5.74, 6) is 1.29. The largest absolute Gasteiger partial charge is 0.458 e. The second-order valence-corrected chi connectivity index (χ2v) is 13.4. The second-order valence-electron chi connectivity index (χ2n) is 13.4. The molecular formula is C34H50N6O4. The van der Waals surface area contributed by atoms with Crippen molar-refractivity contribution < 1.29 is 19.0 Å². The molecule has 0 radical (unpaired) electrons. The van der Waals surface area contributed by atoms with Crippen LogP contribution >= 0.6 is 0 Å². The van der Waals surface area contributed by atoms with Gasteiger partial charge in [-0.2, -0.15) is 5.26 Å². The van der Waals surface area contributed by atoms with Gasteiger partial charge in [0.25, 0.3) is 0 Å². The fourth-order valence-electron chi connectivity index (χ4n) is 5.72. The predicted octanol–water partition coefficient (Wildman–Crippen LogP) is 5.63. The molecule has 2 aliphatic rings. The maximum atomic E-state index is 12.2. The summed E-state index contributed by atoms with van der Waals surface area (Å²) >= 11 is 0. The number of aryl methyl sites for hydroxylation is 1. The highest BCUT2D eigenvalue weighted by atomic mass is 16.6. The number of nitriles is 1. The lowest BCUT2D eigenvalue weighted by Crippen LogP contribution is -2.44. The van der Waals surface area contributed by atoms with E-state index in [2.05, 4.69) is 46.9 Å². The van der Waals surface area contributed by atoms with E-state index in [1.54, 1.807) is 6.92 Å². The van der Waals surface area contributed by atoms with E-state index in [-0.39, 0.29) is 12.0 Å². The number of pyridine rings is 2. The fraction of sp³-hybridized carbons (Fsp3) is 0.647. The standard InChI is InChI=1S/C34H50N6O4/c1-23-19-36-31(18-28(23)29-8-7-9-30(40-29)37-22-34(21-35)14-16-42-17-15-34)39-27-12-10-26(11-13-27)38-24(2)20-43-25(3)32(41)44-33(4,5)6/h7-9,18-19,24-27,38H,10-17,20,22H2,1-6H3,(H,36,39)(H,37,40)/t24-,25+,26-,27-/m1/s1. The minimum absolute atomic E-state index is 0.135. The lowest BCUT2D eigenvalue weighted by Gasteiger charge is -2.32. The molecule has 2 atom stereocenters. The van der Waals surface area contributed by atoms with Crippen LogP contribution in [0.15, 0.2) is 30.5 Å². The number of hydrogen-bond donors (Lipinski definition) is 3. The Hall–Kier alpha value is -3.26. The Balaban J connectivity index is 1.26. The Morgan fingerprint density at radius 2 is 1.84 bits per heavy atom. The minimum atomic E-state index is -0.591. The molecule has 3 heterocycles. The molecule has 10 heteroatoms. The van der Waals surface area contributed by atoms with Crippen LogP contribution in [0, 0.1) is 23.7 Å². The molecule has 4 rings (SSSR count). The lowest BCUT2D eigenvalue weighted by molar-refractivity contribution is -0.167. The molecule has 1 saturated heterocycles. The summed E-state index contributed by atoms with van der Waals surface area (Å²) in [6, 6.07) is 11.4. The zero-order valence-electron chi connectivity index (χ0n) is 27.2. The van der Waals surface area contributed by atoms with Gasteiger partial charge in [-0.05, 0) is 104 Å². The first-order chi connectivity index (χ1) is 20.9. The number of rotatable bonds is 12. The lowest BCUT2D eigenvalue weighted by atomic mass is 9.82. The molecule has 0 aromatic carbocycles. The van der Waals surface area contributed by atoms with Crippen molar-refractivity contribution in [3.63, 3.8) is 0 Å².